The van der Waals surface area contributed by atoms with Gasteiger partial charge in [0.2, 0.25) is 0 Å². The number of carbonyl (C=O) groups is 1. The molecule has 150 valence electrons. The zero-order valence-corrected chi connectivity index (χ0v) is 17.5. The van der Waals surface area contributed by atoms with Gasteiger partial charge in [0.15, 0.2) is 11.6 Å². The topological polar surface area (TPSA) is 84.4 Å². The number of fused-ring (bicyclic) bond motifs is 1. The van der Waals surface area contributed by atoms with Crippen molar-refractivity contribution in [1.29, 1.82) is 0 Å². The Labute approximate surface area is 172 Å². The zero-order valence-electron chi connectivity index (χ0n) is 16.7. The van der Waals surface area contributed by atoms with E-state index in [4.69, 9.17) is 8.83 Å². The third-order valence-corrected chi connectivity index (χ3v) is 6.05. The molecule has 0 fully saturated rings. The van der Waals surface area contributed by atoms with Gasteiger partial charge in [-0.05, 0) is 57.8 Å². The molecule has 4 heterocycles. The lowest BCUT2D eigenvalue weighted by Crippen LogP contribution is -2.34. The molecule has 4 aromatic heterocycles. The number of nitrogens with zero attached hydrogens (tertiary/aromatic N) is 3. The second kappa shape index (κ2) is 7.81. The molecule has 7 nitrogen and oxygen atoms in total. The summed E-state index contributed by atoms with van der Waals surface area (Å²) in [5.41, 5.74) is 1.72. The van der Waals surface area contributed by atoms with Gasteiger partial charge in [-0.25, -0.2) is 9.97 Å². The van der Waals surface area contributed by atoms with Crippen LogP contribution in [-0.2, 0) is 0 Å². The summed E-state index contributed by atoms with van der Waals surface area (Å²) in [4.78, 5) is 25.6. The van der Waals surface area contributed by atoms with Crippen molar-refractivity contribution in [1.82, 2.24) is 20.2 Å². The highest BCUT2D eigenvalue weighted by Gasteiger charge is 2.22. The fourth-order valence-corrected chi connectivity index (χ4v) is 4.51. The predicted octanol–water partition coefficient (Wildman–Crippen LogP) is 4.19. The number of aryl methyl sites for hydroxylation is 2. The van der Waals surface area contributed by atoms with Crippen LogP contribution in [0.1, 0.15) is 32.7 Å². The summed E-state index contributed by atoms with van der Waals surface area (Å²) in [5.74, 6) is 1.83. The van der Waals surface area contributed by atoms with Gasteiger partial charge in [-0.2, -0.15) is 0 Å². The maximum absolute atomic E-state index is 12.9. The quantitative estimate of drug-likeness (QED) is 0.513. The Balaban J connectivity index is 1.61. The van der Waals surface area contributed by atoms with E-state index in [2.05, 4.69) is 15.3 Å². The average molecular weight is 410 g/mol. The van der Waals surface area contributed by atoms with E-state index in [1.54, 1.807) is 18.6 Å². The highest BCUT2D eigenvalue weighted by Crippen LogP contribution is 2.33. The molecule has 8 heteroatoms. The van der Waals surface area contributed by atoms with E-state index in [-0.39, 0.29) is 11.9 Å². The lowest BCUT2D eigenvalue weighted by molar-refractivity contribution is 0.0942. The van der Waals surface area contributed by atoms with E-state index < -0.39 is 0 Å². The van der Waals surface area contributed by atoms with Gasteiger partial charge < -0.3 is 14.2 Å². The number of hydrogen-bond acceptors (Lipinski definition) is 7. The summed E-state index contributed by atoms with van der Waals surface area (Å²) in [6, 6.07) is 7.34. The number of furan rings is 2. The number of likely N-dealkylation sites (N-methyl/N-ethyl adjacent to an activating group) is 1. The van der Waals surface area contributed by atoms with Gasteiger partial charge in [-0.1, -0.05) is 0 Å². The maximum atomic E-state index is 12.9. The summed E-state index contributed by atoms with van der Waals surface area (Å²) in [5, 5.41) is 3.96. The monoisotopic (exact) mass is 410 g/mol. The normalized spacial score (nSPS) is 12.6. The number of nitrogens with one attached hydrogen (secondary N) is 1. The fourth-order valence-electron chi connectivity index (χ4n) is 3.36. The molecule has 0 bridgehead atoms. The van der Waals surface area contributed by atoms with Crippen LogP contribution in [0.15, 0.2) is 45.6 Å². The molecule has 0 aliphatic rings. The van der Waals surface area contributed by atoms with E-state index in [9.17, 15) is 4.79 Å². The Morgan fingerprint density at radius 1 is 1.17 bits per heavy atom. The third kappa shape index (κ3) is 3.68. The van der Waals surface area contributed by atoms with Crippen molar-refractivity contribution in [3.63, 3.8) is 0 Å². The second-order valence-corrected chi connectivity index (χ2v) is 8.05. The van der Waals surface area contributed by atoms with Gasteiger partial charge in [-0.3, -0.25) is 9.69 Å². The van der Waals surface area contributed by atoms with E-state index in [0.29, 0.717) is 23.0 Å². The molecule has 4 aromatic rings. The van der Waals surface area contributed by atoms with Gasteiger partial charge in [0, 0.05) is 11.9 Å². The molecule has 0 radical (unpaired) electrons. The first-order chi connectivity index (χ1) is 14.0. The van der Waals surface area contributed by atoms with Gasteiger partial charge in [0.05, 0.1) is 29.1 Å². The standard InChI is InChI=1S/C21H22N4O3S/c1-12-17-13(2)23-19(16-8-6-10-28-16)24-21(17)29-18(12)20(26)22-11-14(25(3)4)15-7-5-9-27-15/h5-10,14H,11H2,1-4H3,(H,22,26)/t14-/m1/s1. The molecule has 0 saturated carbocycles. The van der Waals surface area contributed by atoms with Gasteiger partial charge in [0.25, 0.3) is 5.91 Å². The number of aromatic nitrogens is 2. The fraction of sp³-hybridized carbons (Fsp3) is 0.286. The minimum atomic E-state index is -0.122. The van der Waals surface area contributed by atoms with E-state index in [0.717, 1.165) is 27.2 Å². The lowest BCUT2D eigenvalue weighted by Gasteiger charge is -2.22. The molecule has 4 rings (SSSR count). The molecule has 1 amide bonds. The van der Waals surface area contributed by atoms with Crippen LogP contribution >= 0.6 is 11.3 Å². The van der Waals surface area contributed by atoms with Gasteiger partial charge >= 0.3 is 0 Å². The summed E-state index contributed by atoms with van der Waals surface area (Å²) in [6.45, 7) is 4.30. The van der Waals surface area contributed by atoms with Crippen molar-refractivity contribution in [2.75, 3.05) is 20.6 Å². The molecular weight excluding hydrogens is 388 g/mol. The summed E-state index contributed by atoms with van der Waals surface area (Å²) in [7, 11) is 3.91. The molecule has 0 aromatic carbocycles. The molecule has 0 aliphatic carbocycles. The number of rotatable bonds is 6. The molecule has 1 N–H and O–H groups in total. The molecule has 0 spiro atoms. The number of amides is 1. The minimum absolute atomic E-state index is 0.0456. The number of thiophene rings is 1. The Kier molecular flexibility index (Phi) is 5.21. The van der Waals surface area contributed by atoms with Crippen LogP contribution in [0.3, 0.4) is 0 Å². The van der Waals surface area contributed by atoms with Crippen molar-refractivity contribution < 1.29 is 13.6 Å². The largest absolute Gasteiger partial charge is 0.468 e. The van der Waals surface area contributed by atoms with Crippen LogP contribution in [0, 0.1) is 13.8 Å². The second-order valence-electron chi connectivity index (χ2n) is 7.05. The Morgan fingerprint density at radius 3 is 2.59 bits per heavy atom. The average Bonchev–Trinajstić information content (AvgIpc) is 3.43. The Hall–Kier alpha value is -2.97. The molecule has 0 unspecified atom stereocenters. The first-order valence-electron chi connectivity index (χ1n) is 9.25. The molecule has 29 heavy (non-hydrogen) atoms. The van der Waals surface area contributed by atoms with E-state index in [1.807, 2.05) is 51.0 Å². The van der Waals surface area contributed by atoms with E-state index >= 15 is 0 Å². The predicted molar refractivity (Wildman–Crippen MR) is 112 cm³/mol. The van der Waals surface area contributed by atoms with Gasteiger partial charge in [0.1, 0.15) is 10.6 Å². The first kappa shape index (κ1) is 19.4. The van der Waals surface area contributed by atoms with Crippen LogP contribution in [-0.4, -0.2) is 41.4 Å². The lowest BCUT2D eigenvalue weighted by atomic mass is 10.1. The van der Waals surface area contributed by atoms with Crippen molar-refractivity contribution in [2.24, 2.45) is 0 Å². The molecule has 0 aliphatic heterocycles. The SMILES string of the molecule is Cc1nc(-c2ccco2)nc2sc(C(=O)NC[C@H](c3ccco3)N(C)C)c(C)c12. The summed E-state index contributed by atoms with van der Waals surface area (Å²) in [6.07, 6.45) is 3.23. The van der Waals surface area contributed by atoms with E-state index in [1.165, 1.54) is 11.3 Å². The van der Waals surface area contributed by atoms with Crippen LogP contribution in [0.25, 0.3) is 21.8 Å². The third-order valence-electron chi connectivity index (χ3n) is 4.87. The molecule has 1 atom stereocenters. The van der Waals surface area contributed by atoms with Crippen LogP contribution in [0.2, 0.25) is 0 Å². The van der Waals surface area contributed by atoms with Crippen molar-refractivity contribution in [3.8, 4) is 11.6 Å². The smallest absolute Gasteiger partial charge is 0.261 e. The van der Waals surface area contributed by atoms with Crippen LogP contribution < -0.4 is 5.32 Å². The first-order valence-corrected chi connectivity index (χ1v) is 10.1. The van der Waals surface area contributed by atoms with Crippen LogP contribution in [0.4, 0.5) is 0 Å². The Morgan fingerprint density at radius 2 is 1.93 bits per heavy atom. The van der Waals surface area contributed by atoms with Crippen molar-refractivity contribution in [3.05, 3.63) is 58.7 Å². The molecule has 0 saturated heterocycles. The maximum Gasteiger partial charge on any atom is 0.261 e. The zero-order chi connectivity index (χ0) is 20.5. The Bertz CT molecular complexity index is 1130. The van der Waals surface area contributed by atoms with Crippen LogP contribution in [0.5, 0.6) is 0 Å². The summed E-state index contributed by atoms with van der Waals surface area (Å²) < 4.78 is 10.9. The summed E-state index contributed by atoms with van der Waals surface area (Å²) >= 11 is 1.37. The van der Waals surface area contributed by atoms with Crippen molar-refractivity contribution in [2.45, 2.75) is 19.9 Å². The van der Waals surface area contributed by atoms with Crippen molar-refractivity contribution >= 4 is 27.5 Å². The number of carbonyl (C=O) groups excluding carboxylic acids is 1. The highest BCUT2D eigenvalue weighted by atomic mass is 32.1. The number of hydrogen-bond donors (Lipinski definition) is 1. The molecular formula is C21H22N4O3S. The minimum Gasteiger partial charge on any atom is -0.468 e. The van der Waals surface area contributed by atoms with Gasteiger partial charge in [-0.15, -0.1) is 11.3 Å². The highest BCUT2D eigenvalue weighted by molar-refractivity contribution is 7.20.